The number of anilines is 1. The van der Waals surface area contributed by atoms with E-state index in [2.05, 4.69) is 15.5 Å². The van der Waals surface area contributed by atoms with Gasteiger partial charge >= 0.3 is 0 Å². The van der Waals surface area contributed by atoms with Crippen molar-refractivity contribution in [2.75, 3.05) is 11.9 Å². The number of amides is 1. The second-order valence-corrected chi connectivity index (χ2v) is 5.76. The Morgan fingerprint density at radius 2 is 2.08 bits per heavy atom. The summed E-state index contributed by atoms with van der Waals surface area (Å²) in [5.41, 5.74) is 1.45. The molecule has 2 aliphatic heterocycles. The topological polar surface area (TPSA) is 91.0 Å². The summed E-state index contributed by atoms with van der Waals surface area (Å²) >= 11 is 0. The summed E-state index contributed by atoms with van der Waals surface area (Å²) < 4.78 is 8.74. The van der Waals surface area contributed by atoms with Gasteiger partial charge in [-0.2, -0.15) is 0 Å². The van der Waals surface area contributed by atoms with E-state index in [1.54, 1.807) is 7.05 Å². The molecule has 3 rings (SSSR count). The number of nitrogens with one attached hydrogen (secondary N) is 1. The third-order valence-corrected chi connectivity index (χ3v) is 3.72. The smallest absolute Gasteiger partial charge is 0.262 e. The van der Waals surface area contributed by atoms with Crippen LogP contribution in [-0.4, -0.2) is 31.8 Å². The predicted molar refractivity (Wildman–Crippen MR) is 93.0 cm³/mol. The molecule has 0 unspecified atom stereocenters. The number of aromatic nitrogens is 4. The molecular weight excluding hydrogens is 322 g/mol. The first-order valence-electron chi connectivity index (χ1n) is 7.92. The van der Waals surface area contributed by atoms with Crippen molar-refractivity contribution < 1.29 is 9.53 Å². The van der Waals surface area contributed by atoms with Gasteiger partial charge < -0.3 is 19.2 Å². The monoisotopic (exact) mass is 341 g/mol. The molecule has 8 heteroatoms. The highest BCUT2D eigenvalue weighted by Gasteiger charge is 2.20. The number of pyridine rings is 2. The largest absolute Gasteiger partial charge is 0.492 e. The van der Waals surface area contributed by atoms with Gasteiger partial charge in [0, 0.05) is 38.8 Å². The molecule has 1 amide bonds. The molecule has 0 bridgehead atoms. The fourth-order valence-electron chi connectivity index (χ4n) is 2.40. The van der Waals surface area contributed by atoms with Crippen molar-refractivity contribution in [2.45, 2.75) is 13.3 Å². The lowest BCUT2D eigenvalue weighted by Gasteiger charge is -2.12. The molecule has 1 aromatic heterocycles. The Morgan fingerprint density at radius 3 is 2.84 bits per heavy atom. The zero-order valence-corrected chi connectivity index (χ0v) is 14.3. The van der Waals surface area contributed by atoms with Gasteiger partial charge in [-0.3, -0.25) is 9.59 Å². The second kappa shape index (κ2) is 6.76. The van der Waals surface area contributed by atoms with Crippen LogP contribution in [0, 0.1) is 0 Å². The Balaban J connectivity index is 1.93. The lowest BCUT2D eigenvalue weighted by molar-refractivity contribution is 0.102. The number of hydrogen-bond acceptors (Lipinski definition) is 5. The fraction of sp³-hybridized carbons (Fsp3) is 0.294. The van der Waals surface area contributed by atoms with Crippen LogP contribution in [0.3, 0.4) is 0 Å². The number of carbonyl (C=O) groups is 1. The average molecular weight is 341 g/mol. The predicted octanol–water partition coefficient (Wildman–Crippen LogP) is 1.66. The van der Waals surface area contributed by atoms with Crippen molar-refractivity contribution in [1.29, 1.82) is 0 Å². The van der Waals surface area contributed by atoms with E-state index in [9.17, 15) is 9.59 Å². The Labute approximate surface area is 144 Å². The molecule has 0 saturated heterocycles. The van der Waals surface area contributed by atoms with Crippen LogP contribution in [0.1, 0.15) is 23.7 Å². The van der Waals surface area contributed by atoms with Crippen LogP contribution in [0.2, 0.25) is 0 Å². The maximum Gasteiger partial charge on any atom is 0.262 e. The normalized spacial score (nSPS) is 10.8. The third kappa shape index (κ3) is 3.37. The summed E-state index contributed by atoms with van der Waals surface area (Å²) in [5.74, 6) is 0.221. The molecule has 8 nitrogen and oxygen atoms in total. The van der Waals surface area contributed by atoms with Crippen molar-refractivity contribution in [3.05, 3.63) is 46.6 Å². The van der Waals surface area contributed by atoms with Crippen molar-refractivity contribution in [3.63, 3.8) is 0 Å². The molecule has 0 spiro atoms. The Hall–Kier alpha value is -3.16. The zero-order valence-electron chi connectivity index (χ0n) is 14.3. The zero-order chi connectivity index (χ0) is 18.0. The highest BCUT2D eigenvalue weighted by atomic mass is 16.5. The van der Waals surface area contributed by atoms with Crippen molar-refractivity contribution in [2.24, 2.45) is 14.1 Å². The van der Waals surface area contributed by atoms with E-state index in [0.717, 1.165) is 12.0 Å². The third-order valence-electron chi connectivity index (χ3n) is 3.72. The second-order valence-electron chi connectivity index (χ2n) is 5.76. The summed E-state index contributed by atoms with van der Waals surface area (Å²) in [5, 5.41) is 10.8. The highest BCUT2D eigenvalue weighted by Crippen LogP contribution is 2.27. The van der Waals surface area contributed by atoms with Crippen molar-refractivity contribution >= 4 is 11.7 Å². The number of carbonyl (C=O) groups excluding carboxylic acids is 1. The molecule has 0 atom stereocenters. The van der Waals surface area contributed by atoms with Crippen molar-refractivity contribution in [3.8, 4) is 17.0 Å². The molecule has 130 valence electrons. The molecule has 0 aromatic carbocycles. The summed E-state index contributed by atoms with van der Waals surface area (Å²) in [6.07, 6.45) is 5.92. The van der Waals surface area contributed by atoms with Gasteiger partial charge in [-0.1, -0.05) is 6.92 Å². The van der Waals surface area contributed by atoms with Crippen LogP contribution in [0.5, 0.6) is 5.75 Å². The molecule has 0 radical (unpaired) electrons. The molecule has 1 aromatic rings. The minimum absolute atomic E-state index is 0.242. The summed E-state index contributed by atoms with van der Waals surface area (Å²) in [6.45, 7) is 2.37. The van der Waals surface area contributed by atoms with Crippen LogP contribution in [0.4, 0.5) is 5.82 Å². The van der Waals surface area contributed by atoms with Gasteiger partial charge in [0.15, 0.2) is 5.82 Å². The number of nitrogens with zero attached hydrogens (tertiary/aromatic N) is 4. The van der Waals surface area contributed by atoms with Gasteiger partial charge in [-0.05, 0) is 12.5 Å². The Kier molecular flexibility index (Phi) is 4.51. The molecule has 2 aliphatic rings. The van der Waals surface area contributed by atoms with Crippen LogP contribution in [0.25, 0.3) is 11.3 Å². The average Bonchev–Trinajstić information content (AvgIpc) is 2.97. The van der Waals surface area contributed by atoms with Gasteiger partial charge in [0.2, 0.25) is 0 Å². The fourth-order valence-corrected chi connectivity index (χ4v) is 2.40. The van der Waals surface area contributed by atoms with Gasteiger partial charge in [-0.25, -0.2) is 0 Å². The minimum atomic E-state index is -0.407. The maximum absolute atomic E-state index is 12.7. The van der Waals surface area contributed by atoms with Crippen LogP contribution < -0.4 is 15.6 Å². The van der Waals surface area contributed by atoms with E-state index in [0.29, 0.717) is 18.1 Å². The van der Waals surface area contributed by atoms with Crippen molar-refractivity contribution in [1.82, 2.24) is 19.3 Å². The van der Waals surface area contributed by atoms with Gasteiger partial charge in [0.05, 0.1) is 23.4 Å². The van der Waals surface area contributed by atoms with E-state index in [1.165, 1.54) is 16.8 Å². The maximum atomic E-state index is 12.7. The van der Waals surface area contributed by atoms with Gasteiger partial charge in [-0.15, -0.1) is 10.2 Å². The number of ether oxygens (including phenoxy) is 1. The van der Waals surface area contributed by atoms with Gasteiger partial charge in [0.1, 0.15) is 5.75 Å². The molecular formula is C17H19N5O3. The standard InChI is InChI=1S/C17H19N5O3/c1-4-7-25-14-8-15(23)22(3)10-12(14)17(24)18-16-11-9-21(2)6-5-13(11)19-20-16/h5-6,8-10H,4,7H2,1-3H3,(H,18,20,24). The van der Waals surface area contributed by atoms with E-state index in [1.807, 2.05) is 37.0 Å². The number of hydrogen-bond donors (Lipinski definition) is 1. The SMILES string of the molecule is CCCOc1cc(=O)n(C)cc1C(=O)Nc1nnc2ccn(C)cc1-2. The quantitative estimate of drug-likeness (QED) is 0.762. The van der Waals surface area contributed by atoms with Crippen LogP contribution in [-0.2, 0) is 14.1 Å². The molecule has 3 heterocycles. The molecule has 0 fully saturated rings. The molecule has 0 saturated carbocycles. The van der Waals surface area contributed by atoms with Gasteiger partial charge in [0.25, 0.3) is 11.5 Å². The van der Waals surface area contributed by atoms with E-state index >= 15 is 0 Å². The first-order valence-corrected chi connectivity index (χ1v) is 7.92. The number of aryl methyl sites for hydroxylation is 2. The van der Waals surface area contributed by atoms with E-state index < -0.39 is 5.91 Å². The molecule has 25 heavy (non-hydrogen) atoms. The summed E-state index contributed by atoms with van der Waals surface area (Å²) in [7, 11) is 3.46. The first-order chi connectivity index (χ1) is 12.0. The van der Waals surface area contributed by atoms with Crippen LogP contribution >= 0.6 is 0 Å². The van der Waals surface area contributed by atoms with E-state index in [-0.39, 0.29) is 16.9 Å². The molecule has 1 N–H and O–H groups in total. The summed E-state index contributed by atoms with van der Waals surface area (Å²) in [4.78, 5) is 24.5. The number of rotatable bonds is 5. The summed E-state index contributed by atoms with van der Waals surface area (Å²) in [6, 6.07) is 3.14. The number of fused-ring (bicyclic) bond motifs is 1. The highest BCUT2D eigenvalue weighted by molar-refractivity contribution is 6.07. The van der Waals surface area contributed by atoms with E-state index in [4.69, 9.17) is 4.74 Å². The lowest BCUT2D eigenvalue weighted by atomic mass is 10.2. The lowest BCUT2D eigenvalue weighted by Crippen LogP contribution is -2.22. The first kappa shape index (κ1) is 16.7. The minimum Gasteiger partial charge on any atom is -0.492 e. The Bertz CT molecular complexity index is 944. The van der Waals surface area contributed by atoms with Crippen LogP contribution in [0.15, 0.2) is 35.5 Å². The Morgan fingerprint density at radius 1 is 1.28 bits per heavy atom. The molecule has 0 aliphatic carbocycles.